The maximum atomic E-state index is 11.5. The summed E-state index contributed by atoms with van der Waals surface area (Å²) < 4.78 is 4.82. The third-order valence-corrected chi connectivity index (χ3v) is 6.91. The van der Waals surface area contributed by atoms with Crippen molar-refractivity contribution in [3.8, 4) is 33.9 Å². The maximum absolute atomic E-state index is 11.5. The molecule has 0 saturated heterocycles. The number of hydrogen-bond acceptors (Lipinski definition) is 4. The van der Waals surface area contributed by atoms with E-state index in [4.69, 9.17) is 9.72 Å². The van der Waals surface area contributed by atoms with Gasteiger partial charge in [-0.25, -0.2) is 4.98 Å². The third kappa shape index (κ3) is 4.93. The summed E-state index contributed by atoms with van der Waals surface area (Å²) in [4.78, 5) is 24.1. The van der Waals surface area contributed by atoms with Crippen LogP contribution < -0.4 is 0 Å². The van der Waals surface area contributed by atoms with Gasteiger partial charge in [0.05, 0.1) is 24.7 Å². The van der Waals surface area contributed by atoms with Crippen LogP contribution in [-0.4, -0.2) is 28.0 Å². The van der Waals surface area contributed by atoms with Crippen LogP contribution in [0.2, 0.25) is 0 Å². The van der Waals surface area contributed by atoms with Gasteiger partial charge in [-0.1, -0.05) is 54.6 Å². The number of pyridine rings is 1. The molecule has 0 unspecified atom stereocenters. The summed E-state index contributed by atoms with van der Waals surface area (Å²) in [5.74, 6) is 1.76. The fraction of sp³-hybridized carbons (Fsp3) is 0.276. The van der Waals surface area contributed by atoms with Crippen LogP contribution in [0.1, 0.15) is 43.6 Å². The molecule has 0 spiro atoms. The molecule has 4 aromatic rings. The minimum atomic E-state index is -0.0880. The lowest BCUT2D eigenvalue weighted by Crippen LogP contribution is -2.17. The Bertz CT molecular complexity index is 1220. The molecule has 1 N–H and O–H groups in total. The standard InChI is InChI=1S/C29H29N3O2/c1-34-28(33)17-20-7-9-21(10-8-20)22-11-13-24(14-12-22)26-16-15-25(18-30-26)29-31-19-27(32-29)23-5-3-2-4-6-23/h2-6,11-16,18-21H,7-10,17H2,1H3,(H,31,32). The van der Waals surface area contributed by atoms with Gasteiger partial charge >= 0.3 is 5.97 Å². The first-order valence-electron chi connectivity index (χ1n) is 11.9. The number of rotatable bonds is 6. The van der Waals surface area contributed by atoms with Crippen LogP contribution in [0.4, 0.5) is 0 Å². The van der Waals surface area contributed by atoms with Gasteiger partial charge in [0.15, 0.2) is 0 Å². The fourth-order valence-electron chi connectivity index (χ4n) is 4.88. The molecule has 2 aromatic carbocycles. The van der Waals surface area contributed by atoms with Crippen molar-refractivity contribution in [2.45, 2.75) is 38.0 Å². The largest absolute Gasteiger partial charge is 0.469 e. The number of nitrogens with one attached hydrogen (secondary N) is 1. The molecular formula is C29H29N3O2. The van der Waals surface area contributed by atoms with E-state index < -0.39 is 0 Å². The first-order chi connectivity index (χ1) is 16.7. The molecule has 0 bridgehead atoms. The van der Waals surface area contributed by atoms with E-state index >= 15 is 0 Å². The van der Waals surface area contributed by atoms with Gasteiger partial charge in [0.1, 0.15) is 5.82 Å². The monoisotopic (exact) mass is 451 g/mol. The van der Waals surface area contributed by atoms with Gasteiger partial charge < -0.3 is 9.72 Å². The number of aromatic amines is 1. The number of methoxy groups -OCH3 is 1. The van der Waals surface area contributed by atoms with Crippen molar-refractivity contribution in [1.82, 2.24) is 15.0 Å². The van der Waals surface area contributed by atoms with Crippen molar-refractivity contribution < 1.29 is 9.53 Å². The summed E-state index contributed by atoms with van der Waals surface area (Å²) in [6.07, 6.45) is 8.71. The Morgan fingerprint density at radius 1 is 0.853 bits per heavy atom. The Balaban J connectivity index is 1.23. The van der Waals surface area contributed by atoms with Crippen LogP contribution in [0.25, 0.3) is 33.9 Å². The molecular weight excluding hydrogens is 422 g/mol. The van der Waals surface area contributed by atoms with Crippen molar-refractivity contribution in [3.63, 3.8) is 0 Å². The van der Waals surface area contributed by atoms with Gasteiger partial charge in [0, 0.05) is 23.7 Å². The van der Waals surface area contributed by atoms with Gasteiger partial charge in [0.25, 0.3) is 0 Å². The number of nitrogens with zero attached hydrogens (tertiary/aromatic N) is 2. The lowest BCUT2D eigenvalue weighted by molar-refractivity contribution is -0.142. The number of imidazole rings is 1. The van der Waals surface area contributed by atoms with E-state index in [1.54, 1.807) is 0 Å². The number of carbonyl (C=O) groups excluding carboxylic acids is 1. The molecule has 0 amide bonds. The first kappa shape index (κ1) is 22.1. The summed E-state index contributed by atoms with van der Waals surface area (Å²) in [6, 6.07) is 23.1. The first-order valence-corrected chi connectivity index (χ1v) is 11.9. The molecule has 172 valence electrons. The van der Waals surface area contributed by atoms with Gasteiger partial charge in [-0.15, -0.1) is 0 Å². The van der Waals surface area contributed by atoms with E-state index in [1.165, 1.54) is 12.7 Å². The summed E-state index contributed by atoms with van der Waals surface area (Å²) in [5, 5.41) is 0. The average Bonchev–Trinajstić information content (AvgIpc) is 3.40. The minimum absolute atomic E-state index is 0.0880. The number of benzene rings is 2. The predicted octanol–water partition coefficient (Wildman–Crippen LogP) is 6.64. The second kappa shape index (κ2) is 10.0. The van der Waals surface area contributed by atoms with Crippen LogP contribution in [0, 0.1) is 5.92 Å². The molecule has 1 aliphatic rings. The van der Waals surface area contributed by atoms with E-state index in [9.17, 15) is 4.79 Å². The maximum Gasteiger partial charge on any atom is 0.305 e. The highest BCUT2D eigenvalue weighted by Crippen LogP contribution is 2.37. The number of H-pyrrole nitrogens is 1. The SMILES string of the molecule is COC(=O)CC1CCC(c2ccc(-c3ccc(-c4ncc(-c5ccccc5)[nH]4)cn3)cc2)CC1. The smallest absolute Gasteiger partial charge is 0.305 e. The number of hydrogen-bond donors (Lipinski definition) is 1. The van der Waals surface area contributed by atoms with Crippen LogP contribution in [0.3, 0.4) is 0 Å². The molecule has 34 heavy (non-hydrogen) atoms. The molecule has 1 fully saturated rings. The van der Waals surface area contributed by atoms with Crippen molar-refractivity contribution in [2.24, 2.45) is 5.92 Å². The topological polar surface area (TPSA) is 67.9 Å². The van der Waals surface area contributed by atoms with E-state index in [-0.39, 0.29) is 5.97 Å². The summed E-state index contributed by atoms with van der Waals surface area (Å²) >= 11 is 0. The third-order valence-electron chi connectivity index (χ3n) is 6.91. The zero-order valence-corrected chi connectivity index (χ0v) is 19.4. The number of aromatic nitrogens is 3. The molecule has 0 radical (unpaired) electrons. The summed E-state index contributed by atoms with van der Waals surface area (Å²) in [5.41, 5.74) is 6.51. The molecule has 5 heteroatoms. The molecule has 1 aliphatic carbocycles. The Morgan fingerprint density at radius 3 is 2.26 bits per heavy atom. The Morgan fingerprint density at radius 2 is 1.59 bits per heavy atom. The second-order valence-electron chi connectivity index (χ2n) is 9.06. The number of ether oxygens (including phenoxy) is 1. The van der Waals surface area contributed by atoms with Gasteiger partial charge in [-0.3, -0.25) is 9.78 Å². The number of carbonyl (C=O) groups is 1. The Labute approximate surface area is 200 Å². The Hall–Kier alpha value is -3.73. The normalized spacial score (nSPS) is 17.9. The lowest BCUT2D eigenvalue weighted by Gasteiger charge is -2.28. The van der Waals surface area contributed by atoms with E-state index in [0.29, 0.717) is 18.3 Å². The highest BCUT2D eigenvalue weighted by atomic mass is 16.5. The van der Waals surface area contributed by atoms with Gasteiger partial charge in [-0.2, -0.15) is 0 Å². The van der Waals surface area contributed by atoms with Crippen molar-refractivity contribution in [2.75, 3.05) is 7.11 Å². The van der Waals surface area contributed by atoms with Crippen molar-refractivity contribution in [1.29, 1.82) is 0 Å². The van der Waals surface area contributed by atoms with Crippen LogP contribution in [0.5, 0.6) is 0 Å². The van der Waals surface area contributed by atoms with E-state index in [1.807, 2.05) is 36.7 Å². The second-order valence-corrected chi connectivity index (χ2v) is 9.06. The molecule has 5 rings (SSSR count). The average molecular weight is 452 g/mol. The van der Waals surface area contributed by atoms with Crippen LogP contribution >= 0.6 is 0 Å². The highest BCUT2D eigenvalue weighted by molar-refractivity contribution is 5.69. The highest BCUT2D eigenvalue weighted by Gasteiger charge is 2.24. The zero-order valence-electron chi connectivity index (χ0n) is 19.4. The zero-order chi connectivity index (χ0) is 23.3. The molecule has 0 atom stereocenters. The fourth-order valence-corrected chi connectivity index (χ4v) is 4.88. The van der Waals surface area contributed by atoms with Crippen molar-refractivity contribution >= 4 is 5.97 Å². The van der Waals surface area contributed by atoms with Crippen LogP contribution in [-0.2, 0) is 9.53 Å². The van der Waals surface area contributed by atoms with E-state index in [0.717, 1.165) is 59.6 Å². The minimum Gasteiger partial charge on any atom is -0.469 e. The van der Waals surface area contributed by atoms with E-state index in [2.05, 4.69) is 52.4 Å². The van der Waals surface area contributed by atoms with Crippen molar-refractivity contribution in [3.05, 3.63) is 84.7 Å². The predicted molar refractivity (Wildman–Crippen MR) is 134 cm³/mol. The molecule has 2 aromatic heterocycles. The molecule has 5 nitrogen and oxygen atoms in total. The lowest BCUT2D eigenvalue weighted by atomic mass is 9.77. The number of esters is 1. The molecule has 0 aliphatic heterocycles. The van der Waals surface area contributed by atoms with Gasteiger partial charge in [-0.05, 0) is 60.8 Å². The van der Waals surface area contributed by atoms with Crippen LogP contribution in [0.15, 0.2) is 79.1 Å². The molecule has 2 heterocycles. The summed E-state index contributed by atoms with van der Waals surface area (Å²) in [7, 11) is 1.47. The Kier molecular flexibility index (Phi) is 6.52. The molecule has 1 saturated carbocycles. The summed E-state index contributed by atoms with van der Waals surface area (Å²) in [6.45, 7) is 0. The van der Waals surface area contributed by atoms with Gasteiger partial charge in [0.2, 0.25) is 0 Å². The quantitative estimate of drug-likeness (QED) is 0.334.